The van der Waals surface area contributed by atoms with E-state index in [-0.39, 0.29) is 5.54 Å². The van der Waals surface area contributed by atoms with Gasteiger partial charge in [0.15, 0.2) is 0 Å². The number of anilines is 1. The summed E-state index contributed by atoms with van der Waals surface area (Å²) in [5.74, 6) is 4.01. The predicted octanol–water partition coefficient (Wildman–Crippen LogP) is 3.16. The SMILES string of the molecule is C#CCN(C)c1cc(CNC(C)(C)C)cc(C(C)C)n1. The first kappa shape index (κ1) is 16.5. The average Bonchev–Trinajstić information content (AvgIpc) is 2.35. The van der Waals surface area contributed by atoms with Crippen LogP contribution in [0.2, 0.25) is 0 Å². The van der Waals surface area contributed by atoms with Gasteiger partial charge in [-0.15, -0.1) is 6.42 Å². The monoisotopic (exact) mass is 273 g/mol. The molecule has 0 atom stereocenters. The number of terminal acetylenes is 1. The molecule has 0 aliphatic heterocycles. The Bertz CT molecular complexity index is 478. The third kappa shape index (κ3) is 5.22. The van der Waals surface area contributed by atoms with Gasteiger partial charge < -0.3 is 10.2 Å². The van der Waals surface area contributed by atoms with E-state index in [2.05, 4.69) is 58.0 Å². The molecule has 1 aromatic heterocycles. The molecule has 0 amide bonds. The highest BCUT2D eigenvalue weighted by atomic mass is 15.2. The average molecular weight is 273 g/mol. The smallest absolute Gasteiger partial charge is 0.129 e. The summed E-state index contributed by atoms with van der Waals surface area (Å²) in [6.45, 7) is 12.2. The molecular weight excluding hydrogens is 246 g/mol. The second kappa shape index (κ2) is 6.76. The fourth-order valence-corrected chi connectivity index (χ4v) is 1.77. The Kier molecular flexibility index (Phi) is 5.59. The van der Waals surface area contributed by atoms with Crippen molar-refractivity contribution in [3.8, 4) is 12.3 Å². The van der Waals surface area contributed by atoms with Crippen molar-refractivity contribution < 1.29 is 0 Å². The maximum atomic E-state index is 5.39. The van der Waals surface area contributed by atoms with E-state index in [1.807, 2.05) is 11.9 Å². The lowest BCUT2D eigenvalue weighted by molar-refractivity contribution is 0.424. The third-order valence-electron chi connectivity index (χ3n) is 3.03. The van der Waals surface area contributed by atoms with E-state index in [9.17, 15) is 0 Å². The third-order valence-corrected chi connectivity index (χ3v) is 3.03. The Morgan fingerprint density at radius 1 is 1.35 bits per heavy atom. The van der Waals surface area contributed by atoms with Crippen LogP contribution in [0.25, 0.3) is 0 Å². The van der Waals surface area contributed by atoms with Crippen LogP contribution in [-0.2, 0) is 6.54 Å². The maximum absolute atomic E-state index is 5.39. The van der Waals surface area contributed by atoms with Crippen LogP contribution >= 0.6 is 0 Å². The molecule has 0 aliphatic carbocycles. The molecule has 0 fully saturated rings. The van der Waals surface area contributed by atoms with Crippen molar-refractivity contribution in [1.82, 2.24) is 10.3 Å². The summed E-state index contributed by atoms with van der Waals surface area (Å²) < 4.78 is 0. The number of nitrogens with zero attached hydrogens (tertiary/aromatic N) is 2. The van der Waals surface area contributed by atoms with Crippen LogP contribution in [0.5, 0.6) is 0 Å². The molecule has 0 unspecified atom stereocenters. The van der Waals surface area contributed by atoms with Gasteiger partial charge >= 0.3 is 0 Å². The molecule has 1 N–H and O–H groups in total. The molecule has 1 heterocycles. The van der Waals surface area contributed by atoms with Crippen LogP contribution in [0.3, 0.4) is 0 Å². The molecule has 3 heteroatoms. The number of aromatic nitrogens is 1. The molecule has 0 aromatic carbocycles. The largest absolute Gasteiger partial charge is 0.349 e. The second-order valence-electron chi connectivity index (χ2n) is 6.58. The zero-order valence-corrected chi connectivity index (χ0v) is 13.6. The number of rotatable bonds is 5. The molecular formula is C17H27N3. The van der Waals surface area contributed by atoms with Crippen molar-refractivity contribution in [2.75, 3.05) is 18.5 Å². The predicted molar refractivity (Wildman–Crippen MR) is 87.0 cm³/mol. The van der Waals surface area contributed by atoms with Crippen molar-refractivity contribution in [3.05, 3.63) is 23.4 Å². The van der Waals surface area contributed by atoms with Crippen LogP contribution in [-0.4, -0.2) is 24.1 Å². The normalized spacial score (nSPS) is 11.5. The van der Waals surface area contributed by atoms with Gasteiger partial charge in [-0.25, -0.2) is 4.98 Å². The Labute approximate surface area is 123 Å². The van der Waals surface area contributed by atoms with Gasteiger partial charge in [0, 0.05) is 24.8 Å². The van der Waals surface area contributed by atoms with Gasteiger partial charge in [-0.2, -0.15) is 0 Å². The molecule has 0 aliphatic rings. The summed E-state index contributed by atoms with van der Waals surface area (Å²) in [7, 11) is 1.98. The van der Waals surface area contributed by atoms with Crippen LogP contribution < -0.4 is 10.2 Å². The first-order valence-electron chi connectivity index (χ1n) is 7.13. The van der Waals surface area contributed by atoms with Crippen LogP contribution in [0.15, 0.2) is 12.1 Å². The summed E-state index contributed by atoms with van der Waals surface area (Å²) in [5.41, 5.74) is 2.46. The van der Waals surface area contributed by atoms with E-state index in [0.29, 0.717) is 12.5 Å². The van der Waals surface area contributed by atoms with Crippen LogP contribution in [0.1, 0.15) is 51.8 Å². The molecule has 20 heavy (non-hydrogen) atoms. The summed E-state index contributed by atoms with van der Waals surface area (Å²) >= 11 is 0. The van der Waals surface area contributed by atoms with Crippen molar-refractivity contribution >= 4 is 5.82 Å². The van der Waals surface area contributed by atoms with Gasteiger partial charge in [0.25, 0.3) is 0 Å². The van der Waals surface area contributed by atoms with E-state index < -0.39 is 0 Å². The van der Waals surface area contributed by atoms with Crippen molar-refractivity contribution in [1.29, 1.82) is 0 Å². The maximum Gasteiger partial charge on any atom is 0.129 e. The van der Waals surface area contributed by atoms with Crippen molar-refractivity contribution in [2.24, 2.45) is 0 Å². The lowest BCUT2D eigenvalue weighted by Gasteiger charge is -2.22. The number of hydrogen-bond acceptors (Lipinski definition) is 3. The van der Waals surface area contributed by atoms with Crippen molar-refractivity contribution in [3.63, 3.8) is 0 Å². The van der Waals surface area contributed by atoms with E-state index in [1.165, 1.54) is 5.56 Å². The Hall–Kier alpha value is -1.53. The van der Waals surface area contributed by atoms with Gasteiger partial charge in [-0.1, -0.05) is 19.8 Å². The topological polar surface area (TPSA) is 28.2 Å². The molecule has 1 rings (SSSR count). The van der Waals surface area contributed by atoms with Crippen LogP contribution in [0, 0.1) is 12.3 Å². The first-order valence-corrected chi connectivity index (χ1v) is 7.13. The Morgan fingerprint density at radius 3 is 2.50 bits per heavy atom. The minimum absolute atomic E-state index is 0.103. The van der Waals surface area contributed by atoms with Crippen molar-refractivity contribution in [2.45, 2.75) is 52.6 Å². The van der Waals surface area contributed by atoms with E-state index in [4.69, 9.17) is 11.4 Å². The minimum Gasteiger partial charge on any atom is -0.349 e. The lowest BCUT2D eigenvalue weighted by atomic mass is 10.1. The summed E-state index contributed by atoms with van der Waals surface area (Å²) in [6, 6.07) is 4.29. The first-order chi connectivity index (χ1) is 9.23. The quantitative estimate of drug-likeness (QED) is 0.835. The van der Waals surface area contributed by atoms with E-state index >= 15 is 0 Å². The fraction of sp³-hybridized carbons (Fsp3) is 0.588. The minimum atomic E-state index is 0.103. The highest BCUT2D eigenvalue weighted by Crippen LogP contribution is 2.20. The second-order valence-corrected chi connectivity index (χ2v) is 6.58. The highest BCUT2D eigenvalue weighted by molar-refractivity contribution is 5.43. The number of hydrogen-bond donors (Lipinski definition) is 1. The molecule has 3 nitrogen and oxygen atoms in total. The molecule has 0 radical (unpaired) electrons. The summed E-state index contributed by atoms with van der Waals surface area (Å²) in [6.07, 6.45) is 5.39. The van der Waals surface area contributed by atoms with Crippen LogP contribution in [0.4, 0.5) is 5.82 Å². The molecule has 0 spiro atoms. The van der Waals surface area contributed by atoms with Gasteiger partial charge in [0.05, 0.1) is 6.54 Å². The van der Waals surface area contributed by atoms with Gasteiger partial charge in [0.1, 0.15) is 5.82 Å². The molecule has 110 valence electrons. The Morgan fingerprint density at radius 2 is 2.00 bits per heavy atom. The molecule has 1 aromatic rings. The summed E-state index contributed by atoms with van der Waals surface area (Å²) in [4.78, 5) is 6.70. The van der Waals surface area contributed by atoms with Gasteiger partial charge in [-0.05, 0) is 44.4 Å². The molecule has 0 bridgehead atoms. The molecule has 0 saturated heterocycles. The van der Waals surface area contributed by atoms with Gasteiger partial charge in [-0.3, -0.25) is 0 Å². The zero-order valence-electron chi connectivity index (χ0n) is 13.6. The van der Waals surface area contributed by atoms with Gasteiger partial charge in [0.2, 0.25) is 0 Å². The number of pyridine rings is 1. The standard InChI is InChI=1S/C17H27N3/c1-8-9-20(7)16-11-14(12-18-17(4,5)6)10-15(19-16)13(2)3/h1,10-11,13,18H,9,12H2,2-7H3. The lowest BCUT2D eigenvalue weighted by Crippen LogP contribution is -2.35. The molecule has 0 saturated carbocycles. The highest BCUT2D eigenvalue weighted by Gasteiger charge is 2.12. The Balaban J connectivity index is 3.02. The van der Waals surface area contributed by atoms with E-state index in [1.54, 1.807) is 0 Å². The zero-order chi connectivity index (χ0) is 15.3. The fourth-order valence-electron chi connectivity index (χ4n) is 1.77. The summed E-state index contributed by atoms with van der Waals surface area (Å²) in [5, 5.41) is 3.52. The number of nitrogens with one attached hydrogen (secondary N) is 1. The van der Waals surface area contributed by atoms with E-state index in [0.717, 1.165) is 18.1 Å².